The molecule has 0 aromatic heterocycles. The lowest BCUT2D eigenvalue weighted by atomic mass is 9.98. The second kappa shape index (κ2) is 7.89. The molecule has 0 radical (unpaired) electrons. The Kier molecular flexibility index (Phi) is 5.59. The number of rotatable bonds is 5. The van der Waals surface area contributed by atoms with Crippen molar-refractivity contribution in [1.82, 2.24) is 9.80 Å². The number of amides is 2. The first-order valence-corrected chi connectivity index (χ1v) is 9.29. The lowest BCUT2D eigenvalue weighted by Gasteiger charge is -2.32. The Labute approximate surface area is 153 Å². The number of carboxylic acids is 1. The second-order valence-corrected chi connectivity index (χ2v) is 7.40. The van der Waals surface area contributed by atoms with Crippen LogP contribution in [-0.2, 0) is 33.6 Å². The molecule has 1 aliphatic carbocycles. The Balaban J connectivity index is 1.53. The maximum absolute atomic E-state index is 12.5. The summed E-state index contributed by atoms with van der Waals surface area (Å²) in [6.07, 6.45) is 4.95. The van der Waals surface area contributed by atoms with E-state index in [9.17, 15) is 14.4 Å². The van der Waals surface area contributed by atoms with Gasteiger partial charge in [-0.2, -0.15) is 0 Å². The molecule has 1 saturated heterocycles. The minimum absolute atomic E-state index is 0.00386. The van der Waals surface area contributed by atoms with E-state index in [4.69, 9.17) is 5.11 Å². The van der Waals surface area contributed by atoms with E-state index in [-0.39, 0.29) is 31.3 Å². The number of carbonyl (C=O) groups is 3. The first-order valence-electron chi connectivity index (χ1n) is 9.29. The fourth-order valence-electron chi connectivity index (χ4n) is 3.84. The first-order chi connectivity index (χ1) is 12.4. The van der Waals surface area contributed by atoms with Gasteiger partial charge in [0.1, 0.15) is 0 Å². The lowest BCUT2D eigenvalue weighted by Crippen LogP contribution is -2.47. The molecule has 140 valence electrons. The van der Waals surface area contributed by atoms with E-state index < -0.39 is 11.9 Å². The van der Waals surface area contributed by atoms with Crippen LogP contribution in [-0.4, -0.2) is 59.4 Å². The van der Waals surface area contributed by atoms with Crippen LogP contribution >= 0.6 is 0 Å². The van der Waals surface area contributed by atoms with Crippen LogP contribution < -0.4 is 0 Å². The second-order valence-electron chi connectivity index (χ2n) is 7.40. The number of fused-ring (bicyclic) bond motifs is 1. The molecule has 2 aliphatic rings. The van der Waals surface area contributed by atoms with Gasteiger partial charge in [0.15, 0.2) is 0 Å². The van der Waals surface area contributed by atoms with E-state index >= 15 is 0 Å². The van der Waals surface area contributed by atoms with E-state index in [1.54, 1.807) is 11.9 Å². The molecule has 1 fully saturated rings. The number of likely N-dealkylation sites (N-methyl/N-ethyl adjacent to an activating group) is 1. The quantitative estimate of drug-likeness (QED) is 0.865. The van der Waals surface area contributed by atoms with Gasteiger partial charge in [-0.15, -0.1) is 0 Å². The molecule has 26 heavy (non-hydrogen) atoms. The number of aliphatic carboxylic acids is 1. The van der Waals surface area contributed by atoms with Crippen LogP contribution in [0.15, 0.2) is 18.2 Å². The highest BCUT2D eigenvalue weighted by molar-refractivity contribution is 5.86. The van der Waals surface area contributed by atoms with E-state index in [1.807, 2.05) is 6.07 Å². The minimum atomic E-state index is -0.858. The highest BCUT2D eigenvalue weighted by Crippen LogP contribution is 2.23. The third-order valence-corrected chi connectivity index (χ3v) is 5.44. The topological polar surface area (TPSA) is 77.9 Å². The van der Waals surface area contributed by atoms with Crippen LogP contribution in [0, 0.1) is 5.92 Å². The average Bonchev–Trinajstić information content (AvgIpc) is 3.09. The summed E-state index contributed by atoms with van der Waals surface area (Å²) in [6, 6.07) is 6.22. The number of piperidine rings is 1. The summed E-state index contributed by atoms with van der Waals surface area (Å²) in [6.45, 7) is 0.798. The first kappa shape index (κ1) is 18.4. The van der Waals surface area contributed by atoms with Crippen LogP contribution in [0.2, 0.25) is 0 Å². The van der Waals surface area contributed by atoms with Crippen LogP contribution in [0.4, 0.5) is 0 Å². The molecule has 1 unspecified atom stereocenters. The van der Waals surface area contributed by atoms with Crippen LogP contribution in [0.25, 0.3) is 0 Å². The van der Waals surface area contributed by atoms with Gasteiger partial charge in [-0.25, -0.2) is 0 Å². The van der Waals surface area contributed by atoms with Crippen molar-refractivity contribution in [3.63, 3.8) is 0 Å². The summed E-state index contributed by atoms with van der Waals surface area (Å²) < 4.78 is 0. The van der Waals surface area contributed by atoms with Crippen molar-refractivity contribution < 1.29 is 19.5 Å². The Hall–Kier alpha value is -2.37. The molecule has 2 amide bonds. The number of hydrogen-bond donors (Lipinski definition) is 1. The standard InChI is InChI=1S/C20H26N2O4/c1-21(13-19(24)22-9-3-6-17(12-22)20(25)26)18(23)11-14-7-8-15-4-2-5-16(15)10-14/h7-8,10,17H,2-6,9,11-13H2,1H3,(H,25,26). The predicted molar refractivity (Wildman–Crippen MR) is 96.7 cm³/mol. The number of carbonyl (C=O) groups excluding carboxylic acids is 2. The van der Waals surface area contributed by atoms with Gasteiger partial charge in [-0.1, -0.05) is 18.2 Å². The lowest BCUT2D eigenvalue weighted by molar-refractivity contribution is -0.147. The summed E-state index contributed by atoms with van der Waals surface area (Å²) in [5.41, 5.74) is 3.70. The van der Waals surface area contributed by atoms with Gasteiger partial charge in [-0.05, 0) is 48.8 Å². The highest BCUT2D eigenvalue weighted by Gasteiger charge is 2.29. The third kappa shape index (κ3) is 4.23. The molecular formula is C20H26N2O4. The van der Waals surface area contributed by atoms with Crippen molar-refractivity contribution in [2.45, 2.75) is 38.5 Å². The molecule has 1 aromatic rings. The molecule has 6 heteroatoms. The average molecular weight is 358 g/mol. The SMILES string of the molecule is CN(CC(=O)N1CCCC(C(=O)O)C1)C(=O)Cc1ccc2c(c1)CCC2. The molecule has 1 N–H and O–H groups in total. The van der Waals surface area contributed by atoms with Crippen molar-refractivity contribution in [2.75, 3.05) is 26.7 Å². The largest absolute Gasteiger partial charge is 0.481 e. The summed E-state index contributed by atoms with van der Waals surface area (Å²) in [7, 11) is 1.63. The smallest absolute Gasteiger partial charge is 0.308 e. The number of hydrogen-bond acceptors (Lipinski definition) is 3. The molecule has 1 aromatic carbocycles. The number of benzene rings is 1. The van der Waals surface area contributed by atoms with Gasteiger partial charge in [0.2, 0.25) is 11.8 Å². The molecule has 0 bridgehead atoms. The summed E-state index contributed by atoms with van der Waals surface area (Å²) in [5, 5.41) is 9.14. The maximum atomic E-state index is 12.5. The monoisotopic (exact) mass is 358 g/mol. The van der Waals surface area contributed by atoms with Crippen molar-refractivity contribution in [2.24, 2.45) is 5.92 Å². The Morgan fingerprint density at radius 2 is 1.96 bits per heavy atom. The third-order valence-electron chi connectivity index (χ3n) is 5.44. The van der Waals surface area contributed by atoms with E-state index in [2.05, 4.69) is 12.1 Å². The summed E-state index contributed by atoms with van der Waals surface area (Å²) >= 11 is 0. The summed E-state index contributed by atoms with van der Waals surface area (Å²) in [5.74, 6) is -1.63. The van der Waals surface area contributed by atoms with E-state index in [0.717, 1.165) is 18.4 Å². The van der Waals surface area contributed by atoms with Gasteiger partial charge in [-0.3, -0.25) is 14.4 Å². The number of carboxylic acid groups (broad SMARTS) is 1. The molecule has 6 nitrogen and oxygen atoms in total. The van der Waals surface area contributed by atoms with Gasteiger partial charge in [0.05, 0.1) is 18.9 Å². The van der Waals surface area contributed by atoms with Gasteiger partial charge >= 0.3 is 5.97 Å². The van der Waals surface area contributed by atoms with Gasteiger partial charge < -0.3 is 14.9 Å². The Bertz CT molecular complexity index is 716. The molecule has 0 saturated carbocycles. The molecule has 1 atom stereocenters. The van der Waals surface area contributed by atoms with Crippen LogP contribution in [0.5, 0.6) is 0 Å². The molecule has 1 aliphatic heterocycles. The van der Waals surface area contributed by atoms with Gasteiger partial charge in [0, 0.05) is 20.1 Å². The summed E-state index contributed by atoms with van der Waals surface area (Å²) in [4.78, 5) is 39.0. The number of aryl methyl sites for hydroxylation is 2. The zero-order valence-electron chi connectivity index (χ0n) is 15.2. The van der Waals surface area contributed by atoms with Crippen molar-refractivity contribution in [3.8, 4) is 0 Å². The number of likely N-dealkylation sites (tertiary alicyclic amines) is 1. The van der Waals surface area contributed by atoms with E-state index in [0.29, 0.717) is 19.4 Å². The minimum Gasteiger partial charge on any atom is -0.481 e. The zero-order valence-corrected chi connectivity index (χ0v) is 15.2. The molecule has 3 rings (SSSR count). The molecule has 0 spiro atoms. The van der Waals surface area contributed by atoms with Crippen molar-refractivity contribution in [1.29, 1.82) is 0 Å². The van der Waals surface area contributed by atoms with E-state index in [1.165, 1.54) is 22.4 Å². The Morgan fingerprint density at radius 1 is 1.19 bits per heavy atom. The molecular weight excluding hydrogens is 332 g/mol. The Morgan fingerprint density at radius 3 is 2.73 bits per heavy atom. The fraction of sp³-hybridized carbons (Fsp3) is 0.550. The van der Waals surface area contributed by atoms with Crippen LogP contribution in [0.1, 0.15) is 36.0 Å². The number of nitrogens with zero attached hydrogens (tertiary/aromatic N) is 2. The normalized spacial score (nSPS) is 19.1. The maximum Gasteiger partial charge on any atom is 0.308 e. The highest BCUT2D eigenvalue weighted by atomic mass is 16.4. The van der Waals surface area contributed by atoms with Crippen LogP contribution in [0.3, 0.4) is 0 Å². The van der Waals surface area contributed by atoms with Crippen molar-refractivity contribution in [3.05, 3.63) is 34.9 Å². The van der Waals surface area contributed by atoms with Gasteiger partial charge in [0.25, 0.3) is 0 Å². The predicted octanol–water partition coefficient (Wildman–Crippen LogP) is 1.50. The molecule has 1 heterocycles. The zero-order chi connectivity index (χ0) is 18.7. The van der Waals surface area contributed by atoms with Crippen molar-refractivity contribution >= 4 is 17.8 Å². The fourth-order valence-corrected chi connectivity index (χ4v) is 3.84.